The summed E-state index contributed by atoms with van der Waals surface area (Å²) in [6, 6.07) is 24.9. The maximum atomic E-state index is 11.4. The number of hydrogen-bond acceptors (Lipinski definition) is 6. The number of carboxylic acid groups (broad SMARTS) is 2. The zero-order valence-corrected chi connectivity index (χ0v) is 32.1. The molecule has 4 aromatic rings. The monoisotopic (exact) mass is 822 g/mol. The summed E-state index contributed by atoms with van der Waals surface area (Å²) in [6.07, 6.45) is 3.36. The molecule has 10 heteroatoms. The van der Waals surface area contributed by atoms with Crippen molar-refractivity contribution in [1.29, 1.82) is 0 Å². The van der Waals surface area contributed by atoms with Crippen LogP contribution < -0.4 is 9.47 Å². The molecule has 1 aliphatic rings. The van der Waals surface area contributed by atoms with Gasteiger partial charge in [0.1, 0.15) is 11.5 Å². The van der Waals surface area contributed by atoms with Gasteiger partial charge in [-0.1, -0.05) is 48.5 Å². The minimum Gasteiger partial charge on any atom is -0.492 e. The maximum Gasteiger partial charge on any atom is 0.333 e. The number of halogens is 2. The molecular formula is C41H44Br2O8. The lowest BCUT2D eigenvalue weighted by atomic mass is 10.00. The Morgan fingerprint density at radius 2 is 1.04 bits per heavy atom. The first-order valence-electron chi connectivity index (χ1n) is 17.4. The average molecular weight is 825 g/mol. The van der Waals surface area contributed by atoms with Crippen molar-refractivity contribution in [2.75, 3.05) is 26.4 Å². The highest BCUT2D eigenvalue weighted by Crippen LogP contribution is 2.38. The van der Waals surface area contributed by atoms with E-state index in [2.05, 4.69) is 68.3 Å². The maximum absolute atomic E-state index is 11.4. The molecule has 270 valence electrons. The summed E-state index contributed by atoms with van der Waals surface area (Å²) < 4.78 is 24.4. The quantitative estimate of drug-likeness (QED) is 0.0750. The van der Waals surface area contributed by atoms with Crippen molar-refractivity contribution < 1.29 is 38.7 Å². The molecule has 8 nitrogen and oxygen atoms in total. The van der Waals surface area contributed by atoms with Crippen LogP contribution in [0, 0.1) is 0 Å². The van der Waals surface area contributed by atoms with Gasteiger partial charge in [0.2, 0.25) is 0 Å². The summed E-state index contributed by atoms with van der Waals surface area (Å²) in [5, 5.41) is 18.7. The SMILES string of the molecule is CCO[C@@H](Cc1ccc(OCCCc2ccc3c(c2)Cc2cc(CCCOc4ccc(C[C@H](OCC)C(=O)O)cc4Br)ccc2-3)c(Br)c1)C(=O)O. The Hall–Kier alpha value is -3.70. The molecule has 2 N–H and O–H groups in total. The molecule has 0 fully saturated rings. The van der Waals surface area contributed by atoms with Gasteiger partial charge < -0.3 is 29.2 Å². The predicted octanol–water partition coefficient (Wildman–Crippen LogP) is 8.87. The predicted molar refractivity (Wildman–Crippen MR) is 204 cm³/mol. The fourth-order valence-electron chi connectivity index (χ4n) is 6.39. The van der Waals surface area contributed by atoms with Crippen LogP contribution in [0.5, 0.6) is 11.5 Å². The number of carbonyl (C=O) groups is 2. The average Bonchev–Trinajstić information content (AvgIpc) is 3.46. The van der Waals surface area contributed by atoms with Gasteiger partial charge in [-0.3, -0.25) is 0 Å². The second-order valence-electron chi connectivity index (χ2n) is 12.6. The molecule has 51 heavy (non-hydrogen) atoms. The van der Waals surface area contributed by atoms with E-state index in [1.165, 1.54) is 33.4 Å². The van der Waals surface area contributed by atoms with Gasteiger partial charge in [0.15, 0.2) is 12.2 Å². The van der Waals surface area contributed by atoms with Crippen LogP contribution in [-0.2, 0) is 51.2 Å². The van der Waals surface area contributed by atoms with Crippen molar-refractivity contribution >= 4 is 43.8 Å². The summed E-state index contributed by atoms with van der Waals surface area (Å²) in [5.74, 6) is -0.451. The minimum absolute atomic E-state index is 0.298. The molecule has 0 bridgehead atoms. The van der Waals surface area contributed by atoms with Crippen LogP contribution in [0.4, 0.5) is 0 Å². The number of rotatable bonds is 20. The molecule has 0 spiro atoms. The van der Waals surface area contributed by atoms with Crippen LogP contribution in [0.3, 0.4) is 0 Å². The van der Waals surface area contributed by atoms with Crippen molar-refractivity contribution in [2.24, 2.45) is 0 Å². The fraction of sp³-hybridized carbons (Fsp3) is 0.366. The number of fused-ring (bicyclic) bond motifs is 3. The highest BCUT2D eigenvalue weighted by molar-refractivity contribution is 9.10. The van der Waals surface area contributed by atoms with E-state index in [1.54, 1.807) is 13.8 Å². The Morgan fingerprint density at radius 1 is 0.627 bits per heavy atom. The van der Waals surface area contributed by atoms with E-state index in [4.69, 9.17) is 18.9 Å². The third-order valence-electron chi connectivity index (χ3n) is 8.87. The van der Waals surface area contributed by atoms with E-state index >= 15 is 0 Å². The zero-order chi connectivity index (χ0) is 36.3. The van der Waals surface area contributed by atoms with Gasteiger partial charge in [-0.2, -0.15) is 0 Å². The van der Waals surface area contributed by atoms with Crippen LogP contribution in [-0.4, -0.2) is 60.8 Å². The van der Waals surface area contributed by atoms with E-state index < -0.39 is 24.1 Å². The lowest BCUT2D eigenvalue weighted by molar-refractivity contribution is -0.150. The molecule has 0 unspecified atom stereocenters. The summed E-state index contributed by atoms with van der Waals surface area (Å²) in [5.41, 5.74) is 9.67. The lowest BCUT2D eigenvalue weighted by Gasteiger charge is -2.14. The normalized spacial score (nSPS) is 12.9. The van der Waals surface area contributed by atoms with Gasteiger partial charge in [0.05, 0.1) is 22.2 Å². The number of benzene rings is 4. The number of ether oxygens (including phenoxy) is 4. The molecule has 0 amide bonds. The summed E-state index contributed by atoms with van der Waals surface area (Å²) >= 11 is 7.14. The molecule has 0 heterocycles. The summed E-state index contributed by atoms with van der Waals surface area (Å²) in [4.78, 5) is 22.9. The number of aliphatic carboxylic acids is 2. The standard InChI is InChI=1S/C41H44Br2O8/c1-3-48-38(40(44)45)23-28-11-15-36(34(42)21-28)50-17-5-7-26-9-13-32-30(19-26)25-31-20-27(10-14-33(31)32)8-6-18-51-37-16-12-29(22-35(37)43)24-39(41(46)47)49-4-2/h9-16,19-22,38-39H,3-8,17-18,23-25H2,1-2H3,(H,44,45)(H,46,47)/t38-,39-/m0/s1. The minimum atomic E-state index is -0.963. The summed E-state index contributed by atoms with van der Waals surface area (Å²) in [7, 11) is 0. The molecule has 0 aromatic heterocycles. The molecular weight excluding hydrogens is 780 g/mol. The van der Waals surface area contributed by atoms with Crippen molar-refractivity contribution in [3.63, 3.8) is 0 Å². The van der Waals surface area contributed by atoms with E-state index in [-0.39, 0.29) is 0 Å². The molecule has 0 saturated heterocycles. The van der Waals surface area contributed by atoms with Crippen LogP contribution in [0.2, 0.25) is 0 Å². The molecule has 0 saturated carbocycles. The molecule has 4 aromatic carbocycles. The first-order valence-corrected chi connectivity index (χ1v) is 19.0. The highest BCUT2D eigenvalue weighted by atomic mass is 79.9. The fourth-order valence-corrected chi connectivity index (χ4v) is 7.47. The van der Waals surface area contributed by atoms with Crippen LogP contribution in [0.15, 0.2) is 81.7 Å². The zero-order valence-electron chi connectivity index (χ0n) is 29.0. The van der Waals surface area contributed by atoms with Crippen molar-refractivity contribution in [3.05, 3.63) is 115 Å². The van der Waals surface area contributed by atoms with Crippen LogP contribution >= 0.6 is 31.9 Å². The van der Waals surface area contributed by atoms with Gasteiger partial charge in [0.25, 0.3) is 0 Å². The third kappa shape index (κ3) is 10.7. The topological polar surface area (TPSA) is 112 Å². The lowest BCUT2D eigenvalue weighted by Crippen LogP contribution is -2.26. The van der Waals surface area contributed by atoms with Gasteiger partial charge in [-0.05, 0) is 147 Å². The van der Waals surface area contributed by atoms with E-state index in [1.807, 2.05) is 36.4 Å². The second-order valence-corrected chi connectivity index (χ2v) is 14.3. The Kier molecular flexibility index (Phi) is 14.1. The van der Waals surface area contributed by atoms with Crippen molar-refractivity contribution in [2.45, 2.75) is 71.0 Å². The van der Waals surface area contributed by atoms with E-state index in [0.717, 1.165) is 63.7 Å². The molecule has 1 aliphatic carbocycles. The van der Waals surface area contributed by atoms with Gasteiger partial charge in [-0.15, -0.1) is 0 Å². The van der Waals surface area contributed by atoms with Gasteiger partial charge >= 0.3 is 11.9 Å². The van der Waals surface area contributed by atoms with Crippen molar-refractivity contribution in [1.82, 2.24) is 0 Å². The van der Waals surface area contributed by atoms with E-state index in [0.29, 0.717) is 39.3 Å². The largest absolute Gasteiger partial charge is 0.492 e. The van der Waals surface area contributed by atoms with E-state index in [9.17, 15) is 19.8 Å². The Balaban J connectivity index is 1.06. The second kappa shape index (κ2) is 18.7. The van der Waals surface area contributed by atoms with Gasteiger partial charge in [0, 0.05) is 26.1 Å². The van der Waals surface area contributed by atoms with Crippen LogP contribution in [0.25, 0.3) is 11.1 Å². The Bertz CT molecular complexity index is 1690. The first-order chi connectivity index (χ1) is 24.6. The Morgan fingerprint density at radius 3 is 1.41 bits per heavy atom. The van der Waals surface area contributed by atoms with Gasteiger partial charge in [-0.25, -0.2) is 9.59 Å². The molecule has 2 atom stereocenters. The Labute approximate surface area is 316 Å². The first kappa shape index (κ1) is 38.5. The molecule has 0 aliphatic heterocycles. The van der Waals surface area contributed by atoms with Crippen LogP contribution in [0.1, 0.15) is 60.1 Å². The number of hydrogen-bond donors (Lipinski definition) is 2. The smallest absolute Gasteiger partial charge is 0.333 e. The van der Waals surface area contributed by atoms with Crippen molar-refractivity contribution in [3.8, 4) is 22.6 Å². The summed E-state index contributed by atoms with van der Waals surface area (Å²) in [6.45, 7) is 5.43. The molecule has 0 radical (unpaired) electrons. The number of carboxylic acids is 2. The number of aryl methyl sites for hydroxylation is 2. The third-order valence-corrected chi connectivity index (χ3v) is 10.1. The highest BCUT2D eigenvalue weighted by Gasteiger charge is 2.21. The molecule has 5 rings (SSSR count).